The molecule has 0 unspecified atom stereocenters. The normalized spacial score (nSPS) is 11.8. The highest BCUT2D eigenvalue weighted by Gasteiger charge is 2.16. The Morgan fingerprint density at radius 1 is 1.16 bits per heavy atom. The second-order valence-electron chi connectivity index (χ2n) is 6.01. The fourth-order valence-electron chi connectivity index (χ4n) is 2.50. The van der Waals surface area contributed by atoms with Crippen LogP contribution in [-0.2, 0) is 4.79 Å². The first kappa shape index (κ1) is 19.3. The third kappa shape index (κ3) is 5.47. The van der Waals surface area contributed by atoms with E-state index in [9.17, 15) is 4.79 Å². The number of hydrogen-bond acceptors (Lipinski definition) is 3. The van der Waals surface area contributed by atoms with E-state index in [-0.39, 0.29) is 18.5 Å². The lowest BCUT2D eigenvalue weighted by atomic mass is 9.96. The van der Waals surface area contributed by atoms with Gasteiger partial charge < -0.3 is 10.6 Å². The van der Waals surface area contributed by atoms with Crippen LogP contribution in [0.2, 0.25) is 10.0 Å². The third-order valence-electron chi connectivity index (χ3n) is 3.75. The van der Waals surface area contributed by atoms with E-state index in [1.54, 1.807) is 18.2 Å². The summed E-state index contributed by atoms with van der Waals surface area (Å²) < 4.78 is 0. The SMILES string of the molecule is CC(C)[C@H](NCC(=O)Nc1ccc(C#N)c(Cl)c1)c1ccc(Cl)cc1. The zero-order valence-corrected chi connectivity index (χ0v) is 15.5. The van der Waals surface area contributed by atoms with E-state index in [0.29, 0.717) is 27.2 Å². The van der Waals surface area contributed by atoms with Crippen molar-refractivity contribution in [3.05, 3.63) is 63.6 Å². The number of nitriles is 1. The first-order chi connectivity index (χ1) is 11.9. The number of anilines is 1. The van der Waals surface area contributed by atoms with E-state index in [2.05, 4.69) is 24.5 Å². The average Bonchev–Trinajstić information content (AvgIpc) is 2.56. The molecule has 2 rings (SSSR count). The molecule has 2 N–H and O–H groups in total. The van der Waals surface area contributed by atoms with Gasteiger partial charge in [-0.25, -0.2) is 0 Å². The Morgan fingerprint density at radius 2 is 1.84 bits per heavy atom. The summed E-state index contributed by atoms with van der Waals surface area (Å²) in [6.07, 6.45) is 0. The summed E-state index contributed by atoms with van der Waals surface area (Å²) >= 11 is 11.9. The van der Waals surface area contributed by atoms with Crippen LogP contribution in [0.15, 0.2) is 42.5 Å². The smallest absolute Gasteiger partial charge is 0.238 e. The number of nitrogens with one attached hydrogen (secondary N) is 2. The van der Waals surface area contributed by atoms with E-state index in [1.807, 2.05) is 30.3 Å². The summed E-state index contributed by atoms with van der Waals surface area (Å²) in [7, 11) is 0. The number of carbonyl (C=O) groups is 1. The Labute approximate surface area is 157 Å². The predicted octanol–water partition coefficient (Wildman–Crippen LogP) is 4.79. The number of amides is 1. The van der Waals surface area contributed by atoms with Gasteiger partial charge in [-0.1, -0.05) is 49.2 Å². The van der Waals surface area contributed by atoms with Gasteiger partial charge in [-0.3, -0.25) is 4.79 Å². The lowest BCUT2D eigenvalue weighted by Crippen LogP contribution is -2.33. The number of carbonyl (C=O) groups excluding carboxylic acids is 1. The van der Waals surface area contributed by atoms with Gasteiger partial charge in [-0.2, -0.15) is 5.26 Å². The molecule has 2 aromatic rings. The van der Waals surface area contributed by atoms with Crippen molar-refractivity contribution >= 4 is 34.8 Å². The van der Waals surface area contributed by atoms with E-state index >= 15 is 0 Å². The van der Waals surface area contributed by atoms with Crippen molar-refractivity contribution in [2.75, 3.05) is 11.9 Å². The second kappa shape index (κ2) is 8.87. The zero-order valence-electron chi connectivity index (χ0n) is 14.0. The zero-order chi connectivity index (χ0) is 18.4. The van der Waals surface area contributed by atoms with Crippen LogP contribution in [0.3, 0.4) is 0 Å². The molecule has 0 saturated carbocycles. The average molecular weight is 376 g/mol. The van der Waals surface area contributed by atoms with E-state index in [4.69, 9.17) is 28.5 Å². The van der Waals surface area contributed by atoms with Crippen LogP contribution < -0.4 is 10.6 Å². The van der Waals surface area contributed by atoms with Crippen LogP contribution in [0.25, 0.3) is 0 Å². The highest BCUT2D eigenvalue weighted by atomic mass is 35.5. The van der Waals surface area contributed by atoms with Gasteiger partial charge in [0.1, 0.15) is 6.07 Å². The van der Waals surface area contributed by atoms with Gasteiger partial charge in [0, 0.05) is 16.8 Å². The molecule has 0 fully saturated rings. The molecule has 25 heavy (non-hydrogen) atoms. The summed E-state index contributed by atoms with van der Waals surface area (Å²) in [4.78, 5) is 12.2. The van der Waals surface area contributed by atoms with Crippen LogP contribution in [0.4, 0.5) is 5.69 Å². The molecule has 6 heteroatoms. The summed E-state index contributed by atoms with van der Waals surface area (Å²) in [6, 6.07) is 14.4. The number of rotatable bonds is 6. The number of halogens is 2. The molecule has 0 saturated heterocycles. The number of nitrogens with zero attached hydrogens (tertiary/aromatic N) is 1. The maximum atomic E-state index is 12.2. The van der Waals surface area contributed by atoms with E-state index in [1.165, 1.54) is 0 Å². The van der Waals surface area contributed by atoms with Crippen LogP contribution in [0, 0.1) is 17.2 Å². The minimum absolute atomic E-state index is 0.0348. The Kier molecular flexibility index (Phi) is 6.83. The van der Waals surface area contributed by atoms with E-state index < -0.39 is 0 Å². The minimum atomic E-state index is -0.180. The summed E-state index contributed by atoms with van der Waals surface area (Å²) in [5, 5.41) is 15.9. The third-order valence-corrected chi connectivity index (χ3v) is 4.32. The van der Waals surface area contributed by atoms with Gasteiger partial charge in [0.05, 0.1) is 17.1 Å². The van der Waals surface area contributed by atoms with Gasteiger partial charge in [-0.15, -0.1) is 0 Å². The van der Waals surface area contributed by atoms with Gasteiger partial charge in [0.25, 0.3) is 0 Å². The molecular formula is C19H19Cl2N3O. The quantitative estimate of drug-likeness (QED) is 0.762. The topological polar surface area (TPSA) is 64.9 Å². The maximum absolute atomic E-state index is 12.2. The van der Waals surface area contributed by atoms with Crippen LogP contribution in [0.1, 0.15) is 31.0 Å². The van der Waals surface area contributed by atoms with Crippen molar-refractivity contribution in [1.82, 2.24) is 5.32 Å². The van der Waals surface area contributed by atoms with Crippen molar-refractivity contribution in [3.8, 4) is 6.07 Å². The van der Waals surface area contributed by atoms with Gasteiger partial charge in [0.2, 0.25) is 5.91 Å². The molecule has 0 aliphatic rings. The first-order valence-corrected chi connectivity index (χ1v) is 8.64. The van der Waals surface area contributed by atoms with Crippen LogP contribution in [0.5, 0.6) is 0 Å². The molecule has 0 radical (unpaired) electrons. The standard InChI is InChI=1S/C19H19Cl2N3O/c1-12(2)19(13-3-6-15(20)7-4-13)23-11-18(25)24-16-8-5-14(10-22)17(21)9-16/h3-9,12,19,23H,11H2,1-2H3,(H,24,25)/t19-/m0/s1. The van der Waals surface area contributed by atoms with Gasteiger partial charge in [-0.05, 0) is 41.8 Å². The summed E-state index contributed by atoms with van der Waals surface area (Å²) in [5.74, 6) is 0.124. The highest BCUT2D eigenvalue weighted by Crippen LogP contribution is 2.23. The Morgan fingerprint density at radius 3 is 2.40 bits per heavy atom. The van der Waals surface area contributed by atoms with Gasteiger partial charge in [0.15, 0.2) is 0 Å². The molecule has 0 aliphatic carbocycles. The van der Waals surface area contributed by atoms with Crippen LogP contribution >= 0.6 is 23.2 Å². The Balaban J connectivity index is 1.98. The van der Waals surface area contributed by atoms with Gasteiger partial charge >= 0.3 is 0 Å². The fourth-order valence-corrected chi connectivity index (χ4v) is 2.85. The molecular weight excluding hydrogens is 357 g/mol. The molecule has 1 amide bonds. The monoisotopic (exact) mass is 375 g/mol. The maximum Gasteiger partial charge on any atom is 0.238 e. The highest BCUT2D eigenvalue weighted by molar-refractivity contribution is 6.32. The summed E-state index contributed by atoms with van der Waals surface area (Å²) in [6.45, 7) is 4.33. The lowest BCUT2D eigenvalue weighted by molar-refractivity contribution is -0.115. The van der Waals surface area contributed by atoms with Crippen molar-refractivity contribution in [2.45, 2.75) is 19.9 Å². The van der Waals surface area contributed by atoms with E-state index in [0.717, 1.165) is 5.56 Å². The molecule has 4 nitrogen and oxygen atoms in total. The Bertz CT molecular complexity index is 782. The van der Waals surface area contributed by atoms with Crippen molar-refractivity contribution in [2.24, 2.45) is 5.92 Å². The van der Waals surface area contributed by atoms with Crippen molar-refractivity contribution < 1.29 is 4.79 Å². The minimum Gasteiger partial charge on any atom is -0.325 e. The lowest BCUT2D eigenvalue weighted by Gasteiger charge is -2.23. The largest absolute Gasteiger partial charge is 0.325 e. The second-order valence-corrected chi connectivity index (χ2v) is 6.85. The number of benzene rings is 2. The molecule has 0 spiro atoms. The number of hydrogen-bond donors (Lipinski definition) is 2. The van der Waals surface area contributed by atoms with Crippen LogP contribution in [-0.4, -0.2) is 12.5 Å². The molecule has 0 aliphatic heterocycles. The molecule has 0 bridgehead atoms. The molecule has 1 atom stereocenters. The molecule has 2 aromatic carbocycles. The fraction of sp³-hybridized carbons (Fsp3) is 0.263. The van der Waals surface area contributed by atoms with Crippen molar-refractivity contribution in [3.63, 3.8) is 0 Å². The predicted molar refractivity (Wildman–Crippen MR) is 102 cm³/mol. The van der Waals surface area contributed by atoms with Crippen molar-refractivity contribution in [1.29, 1.82) is 5.26 Å². The Hall–Kier alpha value is -2.06. The molecule has 0 heterocycles. The summed E-state index contributed by atoms with van der Waals surface area (Å²) in [5.41, 5.74) is 2.01. The molecule has 0 aromatic heterocycles. The first-order valence-electron chi connectivity index (χ1n) is 7.89. The molecule has 130 valence electrons.